The van der Waals surface area contributed by atoms with E-state index in [1.807, 2.05) is 55.6 Å². The zero-order valence-corrected chi connectivity index (χ0v) is 14.6. The zero-order valence-electron chi connectivity index (χ0n) is 13.7. The molecule has 1 amide bonds. The largest absolute Gasteiger partial charge is 0.361 e. The van der Waals surface area contributed by atoms with Gasteiger partial charge in [-0.1, -0.05) is 59.9 Å². The van der Waals surface area contributed by atoms with Gasteiger partial charge in [0.15, 0.2) is 5.13 Å². The van der Waals surface area contributed by atoms with Crippen LogP contribution in [-0.2, 0) is 11.2 Å². The topological polar surface area (TPSA) is 57.8 Å². The number of nitrogens with zero attached hydrogens (tertiary/aromatic N) is 1. The molecule has 25 heavy (non-hydrogen) atoms. The van der Waals surface area contributed by atoms with Crippen LogP contribution in [0.4, 0.5) is 5.13 Å². The highest BCUT2D eigenvalue weighted by Gasteiger charge is 2.13. The number of benzene rings is 2. The van der Waals surface area contributed by atoms with E-state index in [1.54, 1.807) is 0 Å². The highest BCUT2D eigenvalue weighted by Crippen LogP contribution is 2.32. The average Bonchev–Trinajstić information content (AvgIpc) is 3.19. The second kappa shape index (κ2) is 6.53. The van der Waals surface area contributed by atoms with E-state index >= 15 is 0 Å². The van der Waals surface area contributed by atoms with Gasteiger partial charge in [0.2, 0.25) is 5.91 Å². The molecule has 4 aromatic rings. The number of fused-ring (bicyclic) bond motifs is 1. The minimum atomic E-state index is -0.0573. The third kappa shape index (κ3) is 3.19. The first kappa shape index (κ1) is 15.6. The standard InChI is InChI=1S/C20H17N3OS/c1-13-19(14-7-3-2-4-8-14)25-20(22-13)23-18(24)11-15-12-21-17-10-6-5-9-16(15)17/h2-10,12,21H,11H2,1H3,(H,22,23,24). The van der Waals surface area contributed by atoms with Crippen LogP contribution < -0.4 is 5.32 Å². The highest BCUT2D eigenvalue weighted by molar-refractivity contribution is 7.19. The lowest BCUT2D eigenvalue weighted by atomic mass is 10.1. The summed E-state index contributed by atoms with van der Waals surface area (Å²) in [5.74, 6) is -0.0573. The second-order valence-corrected chi connectivity index (χ2v) is 6.88. The van der Waals surface area contributed by atoms with Crippen molar-refractivity contribution in [3.05, 3.63) is 72.1 Å². The fourth-order valence-corrected chi connectivity index (χ4v) is 3.91. The summed E-state index contributed by atoms with van der Waals surface area (Å²) in [5, 5.41) is 4.65. The molecule has 0 unspecified atom stereocenters. The van der Waals surface area contributed by atoms with Crippen LogP contribution >= 0.6 is 11.3 Å². The van der Waals surface area contributed by atoms with Crippen LogP contribution in [0.15, 0.2) is 60.8 Å². The molecule has 0 radical (unpaired) electrons. The molecule has 4 rings (SSSR count). The molecule has 0 saturated heterocycles. The number of rotatable bonds is 4. The van der Waals surface area contributed by atoms with E-state index in [-0.39, 0.29) is 5.91 Å². The van der Waals surface area contributed by atoms with E-state index in [0.717, 1.165) is 32.6 Å². The molecular weight excluding hydrogens is 330 g/mol. The maximum atomic E-state index is 12.4. The number of anilines is 1. The third-order valence-electron chi connectivity index (χ3n) is 4.10. The molecule has 2 N–H and O–H groups in total. The Bertz CT molecular complexity index is 1030. The van der Waals surface area contributed by atoms with Gasteiger partial charge in [0.05, 0.1) is 17.0 Å². The van der Waals surface area contributed by atoms with Crippen LogP contribution in [0.2, 0.25) is 0 Å². The van der Waals surface area contributed by atoms with Crippen LogP contribution in [-0.4, -0.2) is 15.9 Å². The van der Waals surface area contributed by atoms with E-state index in [9.17, 15) is 4.79 Å². The first-order valence-corrected chi connectivity index (χ1v) is 8.90. The number of hydrogen-bond acceptors (Lipinski definition) is 3. The predicted octanol–water partition coefficient (Wildman–Crippen LogP) is 4.78. The second-order valence-electron chi connectivity index (χ2n) is 5.88. The average molecular weight is 347 g/mol. The smallest absolute Gasteiger partial charge is 0.230 e. The van der Waals surface area contributed by atoms with Gasteiger partial charge in [0.25, 0.3) is 0 Å². The lowest BCUT2D eigenvalue weighted by molar-refractivity contribution is -0.115. The van der Waals surface area contributed by atoms with E-state index in [1.165, 1.54) is 11.3 Å². The third-order valence-corrected chi connectivity index (χ3v) is 5.23. The van der Waals surface area contributed by atoms with Crippen molar-refractivity contribution in [1.82, 2.24) is 9.97 Å². The monoisotopic (exact) mass is 347 g/mol. The highest BCUT2D eigenvalue weighted by atomic mass is 32.1. The minimum Gasteiger partial charge on any atom is -0.361 e. The molecule has 0 aliphatic heterocycles. The molecule has 0 bridgehead atoms. The fourth-order valence-electron chi connectivity index (χ4n) is 2.92. The Labute approximate surface area is 149 Å². The summed E-state index contributed by atoms with van der Waals surface area (Å²) in [5.41, 5.74) is 4.08. The SMILES string of the molecule is Cc1nc(NC(=O)Cc2c[nH]c3ccccc23)sc1-c1ccccc1. The van der Waals surface area contributed by atoms with Crippen molar-refractivity contribution in [2.45, 2.75) is 13.3 Å². The number of amides is 1. The minimum absolute atomic E-state index is 0.0573. The van der Waals surface area contributed by atoms with Crippen LogP contribution in [0.3, 0.4) is 0 Å². The van der Waals surface area contributed by atoms with Gasteiger partial charge in [-0.3, -0.25) is 4.79 Å². The predicted molar refractivity (Wildman–Crippen MR) is 103 cm³/mol. The van der Waals surface area contributed by atoms with E-state index in [0.29, 0.717) is 11.6 Å². The Morgan fingerprint density at radius 3 is 2.72 bits per heavy atom. The number of carbonyl (C=O) groups excluding carboxylic acids is 1. The van der Waals surface area contributed by atoms with Crippen LogP contribution in [0.1, 0.15) is 11.3 Å². The van der Waals surface area contributed by atoms with Gasteiger partial charge in [0.1, 0.15) is 0 Å². The molecule has 2 aromatic heterocycles. The molecule has 4 nitrogen and oxygen atoms in total. The normalized spacial score (nSPS) is 10.9. The molecule has 124 valence electrons. The first-order chi connectivity index (χ1) is 12.2. The molecule has 5 heteroatoms. The Morgan fingerprint density at radius 2 is 1.88 bits per heavy atom. The van der Waals surface area contributed by atoms with Gasteiger partial charge in [0, 0.05) is 17.1 Å². The number of thiazole rings is 1. The number of H-pyrrole nitrogens is 1. The number of para-hydroxylation sites is 1. The summed E-state index contributed by atoms with van der Waals surface area (Å²) in [6.45, 7) is 1.97. The van der Waals surface area contributed by atoms with Crippen molar-refractivity contribution in [2.75, 3.05) is 5.32 Å². The summed E-state index contributed by atoms with van der Waals surface area (Å²) in [4.78, 5) is 21.2. The quantitative estimate of drug-likeness (QED) is 0.558. The molecule has 0 aliphatic carbocycles. The summed E-state index contributed by atoms with van der Waals surface area (Å²) >= 11 is 1.51. The molecule has 0 saturated carbocycles. The van der Waals surface area contributed by atoms with Crippen molar-refractivity contribution in [1.29, 1.82) is 0 Å². The first-order valence-electron chi connectivity index (χ1n) is 8.08. The Hall–Kier alpha value is -2.92. The molecule has 2 aromatic carbocycles. The number of aryl methyl sites for hydroxylation is 1. The van der Waals surface area contributed by atoms with Gasteiger partial charge in [-0.05, 0) is 24.1 Å². The van der Waals surface area contributed by atoms with Gasteiger partial charge < -0.3 is 10.3 Å². The van der Waals surface area contributed by atoms with Gasteiger partial charge >= 0.3 is 0 Å². The van der Waals surface area contributed by atoms with Crippen LogP contribution in [0, 0.1) is 6.92 Å². The van der Waals surface area contributed by atoms with Gasteiger partial charge in [-0.2, -0.15) is 0 Å². The molecular formula is C20H17N3OS. The van der Waals surface area contributed by atoms with E-state index in [2.05, 4.69) is 27.4 Å². The van der Waals surface area contributed by atoms with Crippen molar-refractivity contribution in [3.8, 4) is 10.4 Å². The number of nitrogens with one attached hydrogen (secondary N) is 2. The van der Waals surface area contributed by atoms with Crippen LogP contribution in [0.25, 0.3) is 21.3 Å². The molecule has 0 atom stereocenters. The fraction of sp³-hybridized carbons (Fsp3) is 0.100. The number of aromatic nitrogens is 2. The number of aromatic amines is 1. The maximum Gasteiger partial charge on any atom is 0.230 e. The lowest BCUT2D eigenvalue weighted by Crippen LogP contribution is -2.13. The Balaban J connectivity index is 1.52. The molecule has 2 heterocycles. The maximum absolute atomic E-state index is 12.4. The number of hydrogen-bond donors (Lipinski definition) is 2. The number of carbonyl (C=O) groups is 1. The van der Waals surface area contributed by atoms with E-state index < -0.39 is 0 Å². The Kier molecular flexibility index (Phi) is 4.07. The van der Waals surface area contributed by atoms with Crippen molar-refractivity contribution < 1.29 is 4.79 Å². The van der Waals surface area contributed by atoms with E-state index in [4.69, 9.17) is 0 Å². The molecule has 0 fully saturated rings. The van der Waals surface area contributed by atoms with Crippen molar-refractivity contribution in [3.63, 3.8) is 0 Å². The van der Waals surface area contributed by atoms with Gasteiger partial charge in [-0.25, -0.2) is 4.98 Å². The summed E-state index contributed by atoms with van der Waals surface area (Å²) < 4.78 is 0. The van der Waals surface area contributed by atoms with Crippen molar-refractivity contribution >= 4 is 33.3 Å². The summed E-state index contributed by atoms with van der Waals surface area (Å²) in [6, 6.07) is 18.1. The molecule has 0 aliphatic rings. The van der Waals surface area contributed by atoms with Gasteiger partial charge in [-0.15, -0.1) is 0 Å². The van der Waals surface area contributed by atoms with Crippen molar-refractivity contribution in [2.24, 2.45) is 0 Å². The summed E-state index contributed by atoms with van der Waals surface area (Å²) in [6.07, 6.45) is 2.22. The van der Waals surface area contributed by atoms with Crippen LogP contribution in [0.5, 0.6) is 0 Å². The molecule has 0 spiro atoms. The lowest BCUT2D eigenvalue weighted by Gasteiger charge is -2.01. The Morgan fingerprint density at radius 1 is 1.12 bits per heavy atom. The zero-order chi connectivity index (χ0) is 17.2. The summed E-state index contributed by atoms with van der Waals surface area (Å²) in [7, 11) is 0.